The van der Waals surface area contributed by atoms with Crippen LogP contribution in [-0.2, 0) is 6.61 Å². The molecule has 0 heterocycles. The maximum absolute atomic E-state index is 12.4. The van der Waals surface area contributed by atoms with Crippen LogP contribution in [0.4, 0.5) is 4.39 Å². The number of alkyl halides is 3. The number of rotatable bonds is 7. The summed E-state index contributed by atoms with van der Waals surface area (Å²) in [5.74, 6) is -2.76. The third kappa shape index (κ3) is 30.6. The average molecular weight is 1570 g/mol. The Morgan fingerprint density at radius 3 is 1.01 bits per heavy atom. The third-order valence-electron chi connectivity index (χ3n) is 14.9. The van der Waals surface area contributed by atoms with E-state index in [9.17, 15) is 33.8 Å². The second kappa shape index (κ2) is 44.8. The second-order valence-corrected chi connectivity index (χ2v) is 23.4. The molecule has 0 aliphatic heterocycles. The molecular weight excluding hydrogens is 1470 g/mol. The van der Waals surface area contributed by atoms with Gasteiger partial charge in [-0.15, -0.1) is 23.2 Å². The molecule has 0 spiro atoms. The fraction of sp³-hybridized carbons (Fsp3) is 0.299. The number of allylic oxidation sites excluding steroid dienone is 1. The first-order valence-corrected chi connectivity index (χ1v) is 30.4. The summed E-state index contributed by atoms with van der Waals surface area (Å²) in [5, 5.41) is 82.1. The first-order chi connectivity index (χ1) is 44.7. The predicted molar refractivity (Wildman–Crippen MR) is 386 cm³/mol. The SMILES string of the molecule is CC(=O)c1c(C)cc(C)cc1O.CC(=O)c1c(O)cc(O)cc1O.Cc1cc(C)c(C(=O)/C=C/c2cc(C)c(C)c(C)c2)c(O)c1.Cc1cc(C)c(C)c(C)c1.Cc1cc(C=O)cc(C)c1C.Cc1cc(CO)cc(C)c1C.Cc1cc(O)c(O)c(O)c1.ClCCl.[2H]CF.[2H][B].[U]. The average Bonchev–Trinajstić information content (AvgIpc) is 0.911. The van der Waals surface area contributed by atoms with E-state index in [1.165, 1.54) is 104 Å². The number of aliphatic hydroxyl groups excluding tert-OH is 1. The van der Waals surface area contributed by atoms with Gasteiger partial charge >= 0.3 is 0 Å². The van der Waals surface area contributed by atoms with Gasteiger partial charge in [-0.2, -0.15) is 0 Å². The van der Waals surface area contributed by atoms with Gasteiger partial charge in [0.05, 0.1) is 31.6 Å². The molecule has 95 heavy (non-hydrogen) atoms. The van der Waals surface area contributed by atoms with Crippen molar-refractivity contribution in [2.45, 2.75) is 145 Å². The Hall–Kier alpha value is -7.83. The van der Waals surface area contributed by atoms with Gasteiger partial charge in [-0.1, -0.05) is 60.2 Å². The fourth-order valence-electron chi connectivity index (χ4n) is 9.39. The van der Waals surface area contributed by atoms with Crippen molar-refractivity contribution >= 4 is 61.3 Å². The van der Waals surface area contributed by atoms with Gasteiger partial charge in [0.2, 0.25) is 0 Å². The Labute approximate surface area is 600 Å². The Morgan fingerprint density at radius 1 is 0.432 bits per heavy atom. The standard InChI is InChI=1S/C20H22O2.C10H12O2.C10H14O.C10H12O.C10H14.C8H8O4.C7H8O3.CH2Cl2.CH3F.BH.U/c1-12-8-15(4)20(19(22)9-12)18(21)7-6-17-10-13(2)16(5)14(3)11-17;1-6-4-7(2)10(8(3)11)9(12)5-6;2*1-7-4-10(6-11)5-8(2)9(7)3;1-7-5-8(2)10(4)9(3)6-7;1-4(9)8-6(11)2-5(10)3-7(8)12;1-4-2-5(8)7(10)6(9)3-4;2-1-3;1-2;;/h6-11,22H,1-5H3;4-5,12H,1-3H3;4-5,11H,6H2,1-3H3;4-6H,1-3H3;5-6H,1-4H3;2-3,10-12H,1H3;2-3,8-10H,1H3;1H2;1H3;1H;/b7-6+;;;;;;;;;;/i;;;;;;;;2*1D;. The van der Waals surface area contributed by atoms with E-state index in [0.717, 1.165) is 57.4 Å². The summed E-state index contributed by atoms with van der Waals surface area (Å²) >= 11 is 9.53. The Kier molecular flexibility index (Phi) is 41.1. The molecular formula is C77H96BCl2FO13U. The quantitative estimate of drug-likeness (QED) is 0.0180. The molecule has 2 radical (unpaired) electrons. The summed E-state index contributed by atoms with van der Waals surface area (Å²) in [6.45, 7) is 39.2. The van der Waals surface area contributed by atoms with Crippen molar-refractivity contribution in [3.63, 3.8) is 0 Å². The van der Waals surface area contributed by atoms with Crippen LogP contribution in [0.15, 0.2) is 103 Å². The van der Waals surface area contributed by atoms with Gasteiger partial charge in [-0.3, -0.25) is 23.6 Å². The molecule has 8 aromatic rings. The first-order valence-electron chi connectivity index (χ1n) is 30.6. The van der Waals surface area contributed by atoms with Gasteiger partial charge in [-0.05, 0) is 288 Å². The Morgan fingerprint density at radius 2 is 0.695 bits per heavy atom. The number of aromatic hydroxyl groups is 8. The molecule has 0 atom stereocenters. The van der Waals surface area contributed by atoms with E-state index in [4.69, 9.17) is 61.7 Å². The number of phenols is 8. The molecule has 8 aromatic carbocycles. The van der Waals surface area contributed by atoms with Crippen LogP contribution in [0.25, 0.3) is 6.08 Å². The minimum absolute atomic E-state index is 0. The van der Waals surface area contributed by atoms with Crippen molar-refractivity contribution in [2.24, 2.45) is 0 Å². The molecule has 0 amide bonds. The van der Waals surface area contributed by atoms with Crippen molar-refractivity contribution in [1.29, 1.82) is 1.34 Å². The van der Waals surface area contributed by atoms with Crippen LogP contribution in [0.2, 0.25) is 0 Å². The number of benzene rings is 8. The summed E-state index contributed by atoms with van der Waals surface area (Å²) in [7, 11) is 2.75. The van der Waals surface area contributed by atoms with Crippen molar-refractivity contribution in [2.75, 3.05) is 12.5 Å². The van der Waals surface area contributed by atoms with Crippen LogP contribution in [0, 0.1) is 156 Å². The van der Waals surface area contributed by atoms with E-state index in [2.05, 4.69) is 109 Å². The van der Waals surface area contributed by atoms with Gasteiger partial charge < -0.3 is 46.0 Å². The van der Waals surface area contributed by atoms with Crippen molar-refractivity contribution in [3.05, 3.63) is 237 Å². The third-order valence-corrected chi connectivity index (χ3v) is 14.9. The number of hydrogen-bond acceptors (Lipinski definition) is 13. The number of carbonyl (C=O) groups excluding carboxylic acids is 4. The van der Waals surface area contributed by atoms with Crippen molar-refractivity contribution in [1.82, 2.24) is 0 Å². The molecule has 510 valence electrons. The number of phenolic OH excluding ortho intramolecular Hbond substituents is 8. The van der Waals surface area contributed by atoms with E-state index in [1.54, 1.807) is 25.1 Å². The number of aliphatic hydroxyl groups is 1. The number of halogens is 3. The number of ketones is 3. The maximum Gasteiger partial charge on any atom is 0.200 e. The second-order valence-electron chi connectivity index (χ2n) is 22.6. The molecule has 0 fully saturated rings. The summed E-state index contributed by atoms with van der Waals surface area (Å²) in [5.41, 5.74) is 24.4. The van der Waals surface area contributed by atoms with E-state index in [-0.39, 0.29) is 88.9 Å². The molecule has 0 aliphatic rings. The minimum atomic E-state index is -1.00. The first kappa shape index (κ1) is 87.2. The zero-order valence-electron chi connectivity index (χ0n) is 60.5. The molecule has 0 saturated heterocycles. The van der Waals surface area contributed by atoms with Gasteiger partial charge in [-0.25, -0.2) is 0 Å². The zero-order valence-corrected chi connectivity index (χ0v) is 64.1. The molecule has 0 saturated carbocycles. The van der Waals surface area contributed by atoms with Crippen LogP contribution in [0.3, 0.4) is 0 Å². The van der Waals surface area contributed by atoms with Crippen LogP contribution in [0.5, 0.6) is 46.0 Å². The molecule has 0 unspecified atom stereocenters. The molecule has 9 N–H and O–H groups in total. The minimum Gasteiger partial charge on any atom is -0.508 e. The Bertz CT molecular complexity index is 3620. The van der Waals surface area contributed by atoms with E-state index < -0.39 is 30.2 Å². The molecule has 0 aliphatic carbocycles. The predicted octanol–water partition coefficient (Wildman–Crippen LogP) is 18.0. The smallest absolute Gasteiger partial charge is 0.200 e. The summed E-state index contributed by atoms with van der Waals surface area (Å²) in [6.07, 6.45) is 4.22. The van der Waals surface area contributed by atoms with Crippen LogP contribution < -0.4 is 0 Å². The molecule has 0 bridgehead atoms. The van der Waals surface area contributed by atoms with Crippen LogP contribution in [0.1, 0.15) is 168 Å². The molecule has 18 heteroatoms. The van der Waals surface area contributed by atoms with Gasteiger partial charge in [0.15, 0.2) is 34.6 Å². The fourth-order valence-corrected chi connectivity index (χ4v) is 9.39. The maximum atomic E-state index is 12.4. The van der Waals surface area contributed by atoms with Gasteiger partial charge in [0.25, 0.3) is 0 Å². The number of Topliss-reactive ketones (excluding diaryl/α,β-unsaturated/α-hetero) is 2. The number of aryl methyl sites for hydroxylation is 14. The van der Waals surface area contributed by atoms with E-state index in [1.807, 2.05) is 77.9 Å². The summed E-state index contributed by atoms with van der Waals surface area (Å²) < 4.78 is 20.8. The van der Waals surface area contributed by atoms with Crippen LogP contribution >= 0.6 is 23.2 Å². The molecule has 0 aromatic heterocycles. The summed E-state index contributed by atoms with van der Waals surface area (Å²) in [4.78, 5) is 44.6. The van der Waals surface area contributed by atoms with Crippen LogP contribution in [-0.4, -0.2) is 91.8 Å². The molecule has 13 nitrogen and oxygen atoms in total. The molecule has 8 rings (SSSR count). The van der Waals surface area contributed by atoms with E-state index in [0.29, 0.717) is 16.7 Å². The Balaban J connectivity index is -0.00000106. The van der Waals surface area contributed by atoms with E-state index >= 15 is 0 Å². The van der Waals surface area contributed by atoms with Gasteiger partial charge in [0.1, 0.15) is 40.6 Å². The van der Waals surface area contributed by atoms with Gasteiger partial charge in [0, 0.05) is 57.2 Å². The normalized spacial score (nSPS) is 9.89. The van der Waals surface area contributed by atoms with Crippen molar-refractivity contribution in [3.8, 4) is 46.0 Å². The number of aldehydes is 1. The monoisotopic (exact) mass is 1570 g/mol. The number of hydrogen-bond donors (Lipinski definition) is 9. The topological polar surface area (TPSA) is 250 Å². The number of carbonyl (C=O) groups is 4. The van der Waals surface area contributed by atoms with Crippen molar-refractivity contribution < 1.29 is 102 Å². The zero-order chi connectivity index (χ0) is 74.8. The largest absolute Gasteiger partial charge is 0.508 e. The summed E-state index contributed by atoms with van der Waals surface area (Å²) in [6, 6.07) is 28.2.